The molecule has 9 aromatic rings. The van der Waals surface area contributed by atoms with E-state index in [1.165, 1.54) is 76.9 Å². The van der Waals surface area contributed by atoms with Crippen LogP contribution in [0.25, 0.3) is 102 Å². The van der Waals surface area contributed by atoms with E-state index < -0.39 is 0 Å². The molecule has 1 aliphatic rings. The average molecular weight is 745 g/mol. The smallest absolute Gasteiger partial charge is 0.0541 e. The van der Waals surface area contributed by atoms with Gasteiger partial charge in [-0.1, -0.05) is 160 Å². The maximum absolute atomic E-state index is 4.29. The zero-order chi connectivity index (χ0) is 39.4. The molecular weight excluding hydrogens is 701 g/mol. The van der Waals surface area contributed by atoms with Gasteiger partial charge in [0.05, 0.1) is 22.1 Å². The number of nitrogens with zero attached hydrogens (tertiary/aromatic N) is 2. The van der Waals surface area contributed by atoms with E-state index in [0.29, 0.717) is 0 Å². The van der Waals surface area contributed by atoms with E-state index in [1.807, 2.05) is 6.08 Å². The topological polar surface area (TPSA) is 9.86 Å². The first-order valence-corrected chi connectivity index (χ1v) is 20.2. The molecule has 0 spiro atoms. The highest BCUT2D eigenvalue weighted by Gasteiger charge is 2.22. The van der Waals surface area contributed by atoms with Gasteiger partial charge in [-0.2, -0.15) is 0 Å². The van der Waals surface area contributed by atoms with Crippen molar-refractivity contribution in [2.45, 2.75) is 20.8 Å². The molecule has 7 aromatic carbocycles. The van der Waals surface area contributed by atoms with Crippen LogP contribution in [0.15, 0.2) is 183 Å². The lowest BCUT2D eigenvalue weighted by atomic mass is 9.95. The van der Waals surface area contributed by atoms with Crippen molar-refractivity contribution in [3.8, 4) is 55.9 Å². The second-order valence-electron chi connectivity index (χ2n) is 16.0. The summed E-state index contributed by atoms with van der Waals surface area (Å²) in [7, 11) is 0. The molecule has 0 bridgehead atoms. The second-order valence-corrected chi connectivity index (χ2v) is 16.0. The van der Waals surface area contributed by atoms with Crippen molar-refractivity contribution in [1.29, 1.82) is 0 Å². The van der Waals surface area contributed by atoms with Crippen molar-refractivity contribution < 1.29 is 0 Å². The molecule has 0 amide bonds. The summed E-state index contributed by atoms with van der Waals surface area (Å²) in [4.78, 5) is 0. The van der Waals surface area contributed by atoms with Gasteiger partial charge in [0, 0.05) is 38.3 Å². The Labute approximate surface area is 340 Å². The Balaban J connectivity index is 1.07. The van der Waals surface area contributed by atoms with Gasteiger partial charge in [-0.15, -0.1) is 0 Å². The quantitative estimate of drug-likeness (QED) is 0.147. The second kappa shape index (κ2) is 14.1. The standard InChI is InChI=1S/C56H44N2/c1-5-15-48-49-34-44(26-30-53(49)58(52(48)6-2)47-23-14-22-43(33-47)39-18-11-8-12-19-39)45-27-31-54-50(35-45)51-36-56(3,4)37-55(51)57(54)46-28-24-40(25-29-46)42-21-13-20-41(32-42)38-16-9-7-10-17-38/h5-37H,2H2,1,3-4H3/b15-5-. The van der Waals surface area contributed by atoms with Gasteiger partial charge >= 0.3 is 0 Å². The Hall–Kier alpha value is -7.16. The van der Waals surface area contributed by atoms with Gasteiger partial charge < -0.3 is 9.13 Å². The summed E-state index contributed by atoms with van der Waals surface area (Å²) in [5.41, 5.74) is 16.5. The van der Waals surface area contributed by atoms with Crippen molar-refractivity contribution in [1.82, 2.24) is 9.13 Å². The van der Waals surface area contributed by atoms with Crippen LogP contribution >= 0.6 is 0 Å². The average Bonchev–Trinajstić information content (AvgIpc) is 3.87. The monoisotopic (exact) mass is 744 g/mol. The molecule has 0 atom stereocenters. The van der Waals surface area contributed by atoms with Gasteiger partial charge in [-0.05, 0) is 112 Å². The molecule has 0 fully saturated rings. The lowest BCUT2D eigenvalue weighted by molar-refractivity contribution is 0.722. The Morgan fingerprint density at radius 1 is 0.466 bits per heavy atom. The molecule has 0 radical (unpaired) electrons. The fraction of sp³-hybridized carbons (Fsp3) is 0.0714. The van der Waals surface area contributed by atoms with Crippen molar-refractivity contribution >= 4 is 46.1 Å². The number of allylic oxidation sites excluding steroid dienone is 1. The third kappa shape index (κ3) is 6.06. The number of fused-ring (bicyclic) bond motifs is 4. The Kier molecular flexibility index (Phi) is 8.57. The Morgan fingerprint density at radius 2 is 0.983 bits per heavy atom. The lowest BCUT2D eigenvalue weighted by Crippen LogP contribution is -2.25. The fourth-order valence-corrected chi connectivity index (χ4v) is 8.96. The first-order chi connectivity index (χ1) is 28.4. The number of rotatable bonds is 8. The summed E-state index contributed by atoms with van der Waals surface area (Å²) in [5, 5.41) is 5.03. The number of hydrogen-bond acceptors (Lipinski definition) is 0. The molecule has 2 aromatic heterocycles. The minimum absolute atomic E-state index is 0.0451. The van der Waals surface area contributed by atoms with Crippen LogP contribution < -0.4 is 10.6 Å². The zero-order valence-electron chi connectivity index (χ0n) is 33.2. The van der Waals surface area contributed by atoms with Gasteiger partial charge in [0.2, 0.25) is 0 Å². The van der Waals surface area contributed by atoms with E-state index in [-0.39, 0.29) is 5.41 Å². The molecule has 278 valence electrons. The van der Waals surface area contributed by atoms with Crippen LogP contribution in [0.5, 0.6) is 0 Å². The summed E-state index contributed by atoms with van der Waals surface area (Å²) in [6.45, 7) is 11.0. The molecular formula is C56H44N2. The van der Waals surface area contributed by atoms with Gasteiger partial charge in [0.1, 0.15) is 0 Å². The van der Waals surface area contributed by atoms with Gasteiger partial charge in [0.25, 0.3) is 0 Å². The molecule has 0 aliphatic heterocycles. The van der Waals surface area contributed by atoms with E-state index in [4.69, 9.17) is 0 Å². The summed E-state index contributed by atoms with van der Waals surface area (Å²) in [5.74, 6) is 0. The summed E-state index contributed by atoms with van der Waals surface area (Å²) < 4.78 is 4.79. The van der Waals surface area contributed by atoms with Crippen molar-refractivity contribution in [2.75, 3.05) is 0 Å². The Morgan fingerprint density at radius 3 is 1.60 bits per heavy atom. The van der Waals surface area contributed by atoms with Crippen LogP contribution in [-0.4, -0.2) is 9.13 Å². The van der Waals surface area contributed by atoms with Crippen LogP contribution in [0, 0.1) is 5.41 Å². The number of benzene rings is 7. The van der Waals surface area contributed by atoms with E-state index in [1.54, 1.807) is 0 Å². The zero-order valence-corrected chi connectivity index (χ0v) is 33.2. The highest BCUT2D eigenvalue weighted by Crippen LogP contribution is 2.37. The first-order valence-electron chi connectivity index (χ1n) is 20.2. The summed E-state index contributed by atoms with van der Waals surface area (Å²) in [6, 6.07) is 61.8. The molecule has 2 nitrogen and oxygen atoms in total. The molecule has 2 heteroatoms. The van der Waals surface area contributed by atoms with Crippen LogP contribution in [0.1, 0.15) is 32.0 Å². The fourth-order valence-electron chi connectivity index (χ4n) is 8.96. The predicted octanol–water partition coefficient (Wildman–Crippen LogP) is 13.5. The van der Waals surface area contributed by atoms with Crippen LogP contribution in [0.3, 0.4) is 0 Å². The molecule has 10 rings (SSSR count). The minimum atomic E-state index is -0.0451. The molecule has 58 heavy (non-hydrogen) atoms. The van der Waals surface area contributed by atoms with Gasteiger partial charge in [-0.25, -0.2) is 0 Å². The van der Waals surface area contributed by atoms with Gasteiger partial charge in [0.15, 0.2) is 0 Å². The van der Waals surface area contributed by atoms with E-state index in [2.05, 4.69) is 231 Å². The van der Waals surface area contributed by atoms with Gasteiger partial charge in [-0.3, -0.25) is 0 Å². The Bertz CT molecular complexity index is 3190. The lowest BCUT2D eigenvalue weighted by Gasteiger charge is -2.13. The summed E-state index contributed by atoms with van der Waals surface area (Å²) >= 11 is 0. The van der Waals surface area contributed by atoms with Crippen LogP contribution in [0.2, 0.25) is 0 Å². The molecule has 0 N–H and O–H groups in total. The van der Waals surface area contributed by atoms with Crippen molar-refractivity contribution in [3.63, 3.8) is 0 Å². The minimum Gasteiger partial charge on any atom is -0.310 e. The highest BCUT2D eigenvalue weighted by atomic mass is 15.0. The normalized spacial score (nSPS) is 13.2. The summed E-state index contributed by atoms with van der Waals surface area (Å²) in [6.07, 6.45) is 11.2. The van der Waals surface area contributed by atoms with E-state index in [9.17, 15) is 0 Å². The SMILES string of the molecule is C=Cc1c(/C=C\C)c2cc(-c3ccc4c(c3)c3c(n4-c4ccc(-c5cccc(-c6ccccc6)c5)cc4)=CC(C)(C)C=3)ccc2n1-c1cccc(-c2ccccc2)c1. The van der Waals surface area contributed by atoms with Crippen molar-refractivity contribution in [2.24, 2.45) is 5.41 Å². The molecule has 2 heterocycles. The maximum atomic E-state index is 4.29. The van der Waals surface area contributed by atoms with Crippen LogP contribution in [0.4, 0.5) is 0 Å². The molecule has 1 aliphatic carbocycles. The number of aromatic nitrogens is 2. The largest absolute Gasteiger partial charge is 0.310 e. The molecule has 0 saturated heterocycles. The highest BCUT2D eigenvalue weighted by molar-refractivity contribution is 5.99. The first kappa shape index (κ1) is 35.3. The third-order valence-electron chi connectivity index (χ3n) is 11.6. The van der Waals surface area contributed by atoms with Crippen LogP contribution in [-0.2, 0) is 0 Å². The maximum Gasteiger partial charge on any atom is 0.0541 e. The third-order valence-corrected chi connectivity index (χ3v) is 11.6. The van der Waals surface area contributed by atoms with Crippen molar-refractivity contribution in [3.05, 3.63) is 204 Å². The van der Waals surface area contributed by atoms with E-state index in [0.717, 1.165) is 22.6 Å². The van der Waals surface area contributed by atoms with E-state index >= 15 is 0 Å². The molecule has 0 saturated carbocycles. The molecule has 0 unspecified atom stereocenters. The predicted molar refractivity (Wildman–Crippen MR) is 249 cm³/mol. The number of hydrogen-bond donors (Lipinski definition) is 0.